The number of carbonyl (C=O) groups is 1. The SMILES string of the molecule is CC#CCCNc1cc(C(=O)OC)ccc1[N+](=O)[O-]. The van der Waals surface area contributed by atoms with Crippen LogP contribution >= 0.6 is 0 Å². The lowest BCUT2D eigenvalue weighted by Gasteiger charge is -2.07. The van der Waals surface area contributed by atoms with Crippen molar-refractivity contribution >= 4 is 17.3 Å². The second kappa shape index (κ2) is 7.01. The summed E-state index contributed by atoms with van der Waals surface area (Å²) < 4.78 is 4.58. The van der Waals surface area contributed by atoms with Gasteiger partial charge in [-0.15, -0.1) is 11.8 Å². The molecule has 0 aromatic heterocycles. The minimum absolute atomic E-state index is 0.0860. The second-order valence-electron chi connectivity index (χ2n) is 3.58. The minimum Gasteiger partial charge on any atom is -0.465 e. The fourth-order valence-electron chi connectivity index (χ4n) is 1.47. The van der Waals surface area contributed by atoms with Crippen molar-refractivity contribution in [2.24, 2.45) is 0 Å². The lowest BCUT2D eigenvalue weighted by Crippen LogP contribution is -2.07. The molecule has 0 atom stereocenters. The Morgan fingerprint density at radius 1 is 1.53 bits per heavy atom. The lowest BCUT2D eigenvalue weighted by atomic mass is 10.1. The van der Waals surface area contributed by atoms with Crippen LogP contribution in [0.4, 0.5) is 11.4 Å². The molecule has 0 heterocycles. The van der Waals surface area contributed by atoms with E-state index in [1.807, 2.05) is 0 Å². The number of carbonyl (C=O) groups excluding carboxylic acids is 1. The van der Waals surface area contributed by atoms with Crippen LogP contribution in [0.1, 0.15) is 23.7 Å². The maximum absolute atomic E-state index is 11.4. The van der Waals surface area contributed by atoms with E-state index in [-0.39, 0.29) is 16.9 Å². The Kier molecular flexibility index (Phi) is 5.35. The molecule has 1 rings (SSSR count). The smallest absolute Gasteiger partial charge is 0.337 e. The number of benzene rings is 1. The van der Waals surface area contributed by atoms with Crippen LogP contribution in [0.3, 0.4) is 0 Å². The third-order valence-corrected chi connectivity index (χ3v) is 2.36. The predicted molar refractivity (Wildman–Crippen MR) is 71.0 cm³/mol. The summed E-state index contributed by atoms with van der Waals surface area (Å²) in [5, 5.41) is 13.8. The summed E-state index contributed by atoms with van der Waals surface area (Å²) in [6, 6.07) is 4.05. The Morgan fingerprint density at radius 3 is 2.84 bits per heavy atom. The first-order valence-corrected chi connectivity index (χ1v) is 5.60. The molecule has 6 nitrogen and oxygen atoms in total. The molecule has 0 bridgehead atoms. The number of nitrogens with zero attached hydrogens (tertiary/aromatic N) is 1. The normalized spacial score (nSPS) is 9.16. The maximum Gasteiger partial charge on any atom is 0.337 e. The molecule has 19 heavy (non-hydrogen) atoms. The van der Waals surface area contributed by atoms with E-state index < -0.39 is 10.9 Å². The second-order valence-corrected chi connectivity index (χ2v) is 3.58. The molecule has 100 valence electrons. The maximum atomic E-state index is 11.4. The van der Waals surface area contributed by atoms with Gasteiger partial charge in [0, 0.05) is 19.0 Å². The van der Waals surface area contributed by atoms with Crippen LogP contribution in [0.2, 0.25) is 0 Å². The van der Waals surface area contributed by atoms with E-state index >= 15 is 0 Å². The number of nitro benzene ring substituents is 1. The van der Waals surface area contributed by atoms with Crippen molar-refractivity contribution in [3.63, 3.8) is 0 Å². The van der Waals surface area contributed by atoms with Gasteiger partial charge in [-0.05, 0) is 19.1 Å². The van der Waals surface area contributed by atoms with Gasteiger partial charge >= 0.3 is 5.97 Å². The summed E-state index contributed by atoms with van der Waals surface area (Å²) in [4.78, 5) is 21.8. The van der Waals surface area contributed by atoms with E-state index in [4.69, 9.17) is 0 Å². The van der Waals surface area contributed by atoms with Crippen molar-refractivity contribution in [3.05, 3.63) is 33.9 Å². The monoisotopic (exact) mass is 262 g/mol. The van der Waals surface area contributed by atoms with Crippen LogP contribution in [0.15, 0.2) is 18.2 Å². The summed E-state index contributed by atoms with van der Waals surface area (Å²) in [6.07, 6.45) is 0.566. The van der Waals surface area contributed by atoms with Gasteiger partial charge < -0.3 is 10.1 Å². The molecule has 0 amide bonds. The van der Waals surface area contributed by atoms with Crippen LogP contribution in [0, 0.1) is 22.0 Å². The number of methoxy groups -OCH3 is 1. The highest BCUT2D eigenvalue weighted by Crippen LogP contribution is 2.25. The molecule has 0 saturated heterocycles. The molecule has 0 fully saturated rings. The minimum atomic E-state index is -0.536. The largest absolute Gasteiger partial charge is 0.465 e. The molecule has 0 radical (unpaired) electrons. The molecule has 0 aliphatic rings. The van der Waals surface area contributed by atoms with Gasteiger partial charge in [0.25, 0.3) is 5.69 Å². The standard InChI is InChI=1S/C13H14N2O4/c1-3-4-5-8-14-11-9-10(13(16)19-2)6-7-12(11)15(17)18/h6-7,9,14H,5,8H2,1-2H3. The van der Waals surface area contributed by atoms with Gasteiger partial charge in [-0.25, -0.2) is 4.79 Å². The van der Waals surface area contributed by atoms with Gasteiger partial charge in [0.15, 0.2) is 0 Å². The molecule has 0 aliphatic heterocycles. The number of hydrogen-bond donors (Lipinski definition) is 1. The summed E-state index contributed by atoms with van der Waals surface area (Å²) in [5.41, 5.74) is 0.458. The zero-order chi connectivity index (χ0) is 14.3. The first-order chi connectivity index (χ1) is 9.10. The number of esters is 1. The number of nitro groups is 1. The Balaban J connectivity index is 2.97. The van der Waals surface area contributed by atoms with Gasteiger partial charge in [0.05, 0.1) is 17.6 Å². The third kappa shape index (κ3) is 4.00. The highest BCUT2D eigenvalue weighted by molar-refractivity contribution is 5.91. The van der Waals surface area contributed by atoms with Gasteiger partial charge in [0.1, 0.15) is 5.69 Å². The Bertz CT molecular complexity index is 543. The van der Waals surface area contributed by atoms with Gasteiger partial charge in [-0.1, -0.05) is 0 Å². The molecule has 1 aromatic rings. The van der Waals surface area contributed by atoms with Crippen molar-refractivity contribution in [1.82, 2.24) is 0 Å². The van der Waals surface area contributed by atoms with E-state index in [0.717, 1.165) is 0 Å². The summed E-state index contributed by atoms with van der Waals surface area (Å²) in [5.74, 6) is 5.04. The number of nitrogens with one attached hydrogen (secondary N) is 1. The van der Waals surface area contributed by atoms with Crippen molar-refractivity contribution < 1.29 is 14.5 Å². The van der Waals surface area contributed by atoms with Gasteiger partial charge in [0.2, 0.25) is 0 Å². The first kappa shape index (κ1) is 14.5. The van der Waals surface area contributed by atoms with Crippen LogP contribution in [0.25, 0.3) is 0 Å². The van der Waals surface area contributed by atoms with E-state index in [2.05, 4.69) is 21.9 Å². The molecule has 6 heteroatoms. The molecule has 0 unspecified atom stereocenters. The third-order valence-electron chi connectivity index (χ3n) is 2.36. The number of anilines is 1. The lowest BCUT2D eigenvalue weighted by molar-refractivity contribution is -0.384. The molecular weight excluding hydrogens is 248 g/mol. The Hall–Kier alpha value is -2.55. The average Bonchev–Trinajstić information content (AvgIpc) is 2.42. The summed E-state index contributed by atoms with van der Waals surface area (Å²) >= 11 is 0. The van der Waals surface area contributed by atoms with Gasteiger partial charge in [-0.3, -0.25) is 10.1 Å². The average molecular weight is 262 g/mol. The topological polar surface area (TPSA) is 81.5 Å². The van der Waals surface area contributed by atoms with Crippen molar-refractivity contribution in [2.75, 3.05) is 19.0 Å². The zero-order valence-electron chi connectivity index (χ0n) is 10.7. The molecule has 0 saturated carbocycles. The van der Waals surface area contributed by atoms with Crippen LogP contribution < -0.4 is 5.32 Å². The van der Waals surface area contributed by atoms with Crippen LogP contribution in [-0.4, -0.2) is 24.5 Å². The molecular formula is C13H14N2O4. The van der Waals surface area contributed by atoms with Crippen molar-refractivity contribution in [1.29, 1.82) is 0 Å². The first-order valence-electron chi connectivity index (χ1n) is 5.60. The van der Waals surface area contributed by atoms with E-state index in [1.165, 1.54) is 25.3 Å². The number of rotatable bonds is 5. The van der Waals surface area contributed by atoms with E-state index in [9.17, 15) is 14.9 Å². The molecule has 1 aromatic carbocycles. The van der Waals surface area contributed by atoms with Gasteiger partial charge in [-0.2, -0.15) is 0 Å². The zero-order valence-corrected chi connectivity index (χ0v) is 10.7. The fraction of sp³-hybridized carbons (Fsp3) is 0.308. The Morgan fingerprint density at radius 2 is 2.26 bits per heavy atom. The number of hydrogen-bond acceptors (Lipinski definition) is 5. The summed E-state index contributed by atoms with van der Waals surface area (Å²) in [6.45, 7) is 2.19. The van der Waals surface area contributed by atoms with E-state index in [1.54, 1.807) is 6.92 Å². The van der Waals surface area contributed by atoms with Crippen LogP contribution in [-0.2, 0) is 4.74 Å². The Labute approximate surface area is 110 Å². The van der Waals surface area contributed by atoms with Crippen LogP contribution in [0.5, 0.6) is 0 Å². The molecule has 0 aliphatic carbocycles. The molecule has 1 N–H and O–H groups in total. The molecule has 0 spiro atoms. The highest BCUT2D eigenvalue weighted by Gasteiger charge is 2.16. The fourth-order valence-corrected chi connectivity index (χ4v) is 1.47. The van der Waals surface area contributed by atoms with Crippen molar-refractivity contribution in [2.45, 2.75) is 13.3 Å². The highest BCUT2D eigenvalue weighted by atomic mass is 16.6. The predicted octanol–water partition coefficient (Wildman–Crippen LogP) is 2.21. The van der Waals surface area contributed by atoms with E-state index in [0.29, 0.717) is 13.0 Å². The summed E-state index contributed by atoms with van der Waals surface area (Å²) in [7, 11) is 1.26. The number of ether oxygens (including phenoxy) is 1. The quantitative estimate of drug-likeness (QED) is 0.289. The van der Waals surface area contributed by atoms with Crippen molar-refractivity contribution in [3.8, 4) is 11.8 Å².